The number of fused-ring (bicyclic) bond motifs is 1. The molecule has 7 heteroatoms. The van der Waals surface area contributed by atoms with Crippen LogP contribution in [0.5, 0.6) is 0 Å². The number of aryl methyl sites for hydroxylation is 1. The molecule has 1 aliphatic rings. The second-order valence-electron chi connectivity index (χ2n) is 4.87. The highest BCUT2D eigenvalue weighted by molar-refractivity contribution is 6.02. The number of nitrogens with zero attached hydrogens (tertiary/aromatic N) is 5. The zero-order valence-corrected chi connectivity index (χ0v) is 11.2. The van der Waals surface area contributed by atoms with Crippen LogP contribution in [0.25, 0.3) is 0 Å². The minimum atomic E-state index is 0.118. The fraction of sp³-hybridized carbons (Fsp3) is 0.308. The Hall–Kier alpha value is -2.57. The van der Waals surface area contributed by atoms with E-state index in [-0.39, 0.29) is 5.84 Å². The van der Waals surface area contributed by atoms with Crippen LogP contribution in [0.1, 0.15) is 17.0 Å². The van der Waals surface area contributed by atoms with Gasteiger partial charge in [-0.15, -0.1) is 10.2 Å². The van der Waals surface area contributed by atoms with Crippen LogP contribution in [-0.4, -0.2) is 32.4 Å². The fourth-order valence-corrected chi connectivity index (χ4v) is 2.45. The average molecular weight is 272 g/mol. The molecular weight excluding hydrogens is 256 g/mol. The summed E-state index contributed by atoms with van der Waals surface area (Å²) in [6.45, 7) is 4.34. The van der Waals surface area contributed by atoms with Gasteiger partial charge in [-0.2, -0.15) is 0 Å². The topological polar surface area (TPSA) is 92.6 Å². The molecule has 2 heterocycles. The van der Waals surface area contributed by atoms with Crippen molar-refractivity contribution in [1.82, 2.24) is 14.8 Å². The summed E-state index contributed by atoms with van der Waals surface area (Å²) in [4.78, 5) is 2.17. The minimum absolute atomic E-state index is 0.118. The van der Waals surface area contributed by atoms with Gasteiger partial charge in [-0.05, 0) is 24.6 Å². The molecule has 0 amide bonds. The number of benzene rings is 1. The fourth-order valence-electron chi connectivity index (χ4n) is 2.45. The van der Waals surface area contributed by atoms with Gasteiger partial charge in [0.1, 0.15) is 6.33 Å². The molecule has 1 aromatic carbocycles. The van der Waals surface area contributed by atoms with Crippen molar-refractivity contribution in [2.75, 3.05) is 11.4 Å². The standard InChI is InChI=1S/C13H16N6O/c1-9-2-3-10(13(14)17-20)11(6-9)18-4-5-19-8-15-16-12(19)7-18/h2-3,6,8,20H,4-5,7H2,1H3,(H2,14,17). The van der Waals surface area contributed by atoms with Crippen molar-refractivity contribution in [1.29, 1.82) is 0 Å². The zero-order chi connectivity index (χ0) is 14.1. The van der Waals surface area contributed by atoms with Crippen LogP contribution in [0, 0.1) is 6.92 Å². The Balaban J connectivity index is 2.00. The summed E-state index contributed by atoms with van der Waals surface area (Å²) >= 11 is 0. The molecule has 0 spiro atoms. The first-order valence-corrected chi connectivity index (χ1v) is 6.39. The summed E-state index contributed by atoms with van der Waals surface area (Å²) in [6.07, 6.45) is 1.74. The Labute approximate surface area is 116 Å². The van der Waals surface area contributed by atoms with Crippen LogP contribution in [0.15, 0.2) is 29.7 Å². The molecule has 2 aromatic rings. The van der Waals surface area contributed by atoms with Gasteiger partial charge in [-0.1, -0.05) is 11.2 Å². The Bertz CT molecular complexity index is 663. The van der Waals surface area contributed by atoms with E-state index in [1.165, 1.54) is 0 Å². The van der Waals surface area contributed by atoms with Gasteiger partial charge in [-0.3, -0.25) is 0 Å². The molecule has 3 rings (SSSR count). The Morgan fingerprint density at radius 1 is 1.40 bits per heavy atom. The van der Waals surface area contributed by atoms with Gasteiger partial charge in [0.15, 0.2) is 11.7 Å². The van der Waals surface area contributed by atoms with E-state index >= 15 is 0 Å². The van der Waals surface area contributed by atoms with Gasteiger partial charge in [-0.25, -0.2) is 0 Å². The van der Waals surface area contributed by atoms with Crippen LogP contribution in [-0.2, 0) is 13.1 Å². The lowest BCUT2D eigenvalue weighted by atomic mass is 10.1. The van der Waals surface area contributed by atoms with E-state index in [9.17, 15) is 0 Å². The third kappa shape index (κ3) is 2.07. The maximum Gasteiger partial charge on any atom is 0.172 e. The van der Waals surface area contributed by atoms with Gasteiger partial charge in [0.2, 0.25) is 0 Å². The summed E-state index contributed by atoms with van der Waals surface area (Å²) in [7, 11) is 0. The molecule has 0 saturated carbocycles. The van der Waals surface area contributed by atoms with Crippen LogP contribution < -0.4 is 10.6 Å². The molecule has 1 aliphatic heterocycles. The number of amidine groups is 1. The second-order valence-corrected chi connectivity index (χ2v) is 4.87. The highest BCUT2D eigenvalue weighted by Gasteiger charge is 2.21. The molecule has 0 atom stereocenters. The van der Waals surface area contributed by atoms with Gasteiger partial charge in [0, 0.05) is 24.3 Å². The number of aromatic nitrogens is 3. The number of oxime groups is 1. The summed E-state index contributed by atoms with van der Waals surface area (Å²) < 4.78 is 2.04. The molecule has 20 heavy (non-hydrogen) atoms. The van der Waals surface area contributed by atoms with Crippen LogP contribution in [0.3, 0.4) is 0 Å². The molecule has 1 aromatic heterocycles. The van der Waals surface area contributed by atoms with E-state index in [0.717, 1.165) is 35.7 Å². The first-order chi connectivity index (χ1) is 9.69. The zero-order valence-electron chi connectivity index (χ0n) is 11.2. The Morgan fingerprint density at radius 3 is 3.05 bits per heavy atom. The van der Waals surface area contributed by atoms with Crippen LogP contribution in [0.4, 0.5) is 5.69 Å². The number of hydrogen-bond donors (Lipinski definition) is 2. The highest BCUT2D eigenvalue weighted by Crippen LogP contribution is 2.25. The summed E-state index contributed by atoms with van der Waals surface area (Å²) in [5.74, 6) is 1.04. The Morgan fingerprint density at radius 2 is 2.25 bits per heavy atom. The van der Waals surface area contributed by atoms with Crippen molar-refractivity contribution in [3.05, 3.63) is 41.5 Å². The maximum atomic E-state index is 8.92. The van der Waals surface area contributed by atoms with Crippen LogP contribution in [0.2, 0.25) is 0 Å². The highest BCUT2D eigenvalue weighted by atomic mass is 16.4. The smallest absolute Gasteiger partial charge is 0.172 e. The first-order valence-electron chi connectivity index (χ1n) is 6.39. The predicted octanol–water partition coefficient (Wildman–Crippen LogP) is 0.701. The van der Waals surface area contributed by atoms with Gasteiger partial charge in [0.25, 0.3) is 0 Å². The number of anilines is 1. The molecule has 7 nitrogen and oxygen atoms in total. The predicted molar refractivity (Wildman–Crippen MR) is 74.8 cm³/mol. The summed E-state index contributed by atoms with van der Waals surface area (Å²) in [6, 6.07) is 5.86. The molecule has 3 N–H and O–H groups in total. The quantitative estimate of drug-likeness (QED) is 0.363. The van der Waals surface area contributed by atoms with E-state index < -0.39 is 0 Å². The van der Waals surface area contributed by atoms with E-state index in [0.29, 0.717) is 6.54 Å². The second kappa shape index (κ2) is 4.84. The maximum absolute atomic E-state index is 8.92. The Kier molecular flexibility index (Phi) is 3.02. The van der Waals surface area contributed by atoms with Crippen molar-refractivity contribution in [2.24, 2.45) is 10.9 Å². The lowest BCUT2D eigenvalue weighted by Gasteiger charge is -2.30. The molecule has 0 saturated heterocycles. The van der Waals surface area contributed by atoms with Crippen LogP contribution >= 0.6 is 0 Å². The summed E-state index contributed by atoms with van der Waals surface area (Å²) in [5.41, 5.74) is 8.57. The molecule has 104 valence electrons. The third-order valence-electron chi connectivity index (χ3n) is 3.52. The molecule has 0 aliphatic carbocycles. The lowest BCUT2D eigenvalue weighted by Crippen LogP contribution is -2.35. The van der Waals surface area contributed by atoms with Crippen molar-refractivity contribution < 1.29 is 5.21 Å². The van der Waals surface area contributed by atoms with E-state index in [1.807, 2.05) is 29.7 Å². The van der Waals surface area contributed by atoms with E-state index in [1.54, 1.807) is 6.33 Å². The van der Waals surface area contributed by atoms with Crippen molar-refractivity contribution >= 4 is 11.5 Å². The van der Waals surface area contributed by atoms with Gasteiger partial charge in [0.05, 0.1) is 6.54 Å². The van der Waals surface area contributed by atoms with E-state index in [2.05, 4.69) is 20.3 Å². The third-order valence-corrected chi connectivity index (χ3v) is 3.52. The molecule has 0 unspecified atom stereocenters. The van der Waals surface area contributed by atoms with Gasteiger partial charge >= 0.3 is 0 Å². The van der Waals surface area contributed by atoms with Gasteiger partial charge < -0.3 is 20.4 Å². The van der Waals surface area contributed by atoms with E-state index in [4.69, 9.17) is 10.9 Å². The number of hydrogen-bond acceptors (Lipinski definition) is 5. The first kappa shape index (κ1) is 12.5. The van der Waals surface area contributed by atoms with Crippen molar-refractivity contribution in [3.63, 3.8) is 0 Å². The minimum Gasteiger partial charge on any atom is -0.409 e. The number of nitrogens with two attached hydrogens (primary N) is 1. The molecule has 0 radical (unpaired) electrons. The molecule has 0 fully saturated rings. The summed E-state index contributed by atoms with van der Waals surface area (Å²) in [5, 5.41) is 20.1. The average Bonchev–Trinajstić information content (AvgIpc) is 2.93. The largest absolute Gasteiger partial charge is 0.409 e. The monoisotopic (exact) mass is 272 g/mol. The normalized spacial score (nSPS) is 15.2. The van der Waals surface area contributed by atoms with Crippen molar-refractivity contribution in [2.45, 2.75) is 20.0 Å². The number of rotatable bonds is 2. The SMILES string of the molecule is Cc1ccc(C(N)=NO)c(N2CCn3cnnc3C2)c1. The molecule has 0 bridgehead atoms. The van der Waals surface area contributed by atoms with Crippen molar-refractivity contribution in [3.8, 4) is 0 Å². The molecular formula is C13H16N6O. The lowest BCUT2D eigenvalue weighted by molar-refractivity contribution is 0.318.